The van der Waals surface area contributed by atoms with E-state index in [1.807, 2.05) is 0 Å². The lowest BCUT2D eigenvalue weighted by molar-refractivity contribution is -0.00470. The van der Waals surface area contributed by atoms with Crippen molar-refractivity contribution in [1.29, 1.82) is 0 Å². The molecule has 6 atom stereocenters. The number of rotatable bonds is 11. The third-order valence-electron chi connectivity index (χ3n) is 10.1. The van der Waals surface area contributed by atoms with E-state index >= 15 is 0 Å². The summed E-state index contributed by atoms with van der Waals surface area (Å²) in [5.41, 5.74) is 6.93. The Morgan fingerprint density at radius 3 is 2.08 bits per heavy atom. The first kappa shape index (κ1) is 30.6. The molecule has 224 valence electrons. The van der Waals surface area contributed by atoms with E-state index in [1.54, 1.807) is 22.3 Å². The molecule has 0 bridgehead atoms. The first-order valence-corrected chi connectivity index (χ1v) is 21.6. The number of hydrogen-bond donors (Lipinski definition) is 0. The van der Waals surface area contributed by atoms with E-state index in [0.717, 1.165) is 34.9 Å². The van der Waals surface area contributed by atoms with E-state index in [0.29, 0.717) is 0 Å². The zero-order valence-corrected chi connectivity index (χ0v) is 28.3. The second kappa shape index (κ2) is 12.4. The topological polar surface area (TPSA) is 9.23 Å². The van der Waals surface area contributed by atoms with Crippen LogP contribution in [0.15, 0.2) is 48.5 Å². The van der Waals surface area contributed by atoms with Crippen LogP contribution < -0.4 is 0 Å². The molecule has 5 rings (SSSR count). The molecule has 0 aliphatic heterocycles. The van der Waals surface area contributed by atoms with Crippen molar-refractivity contribution < 1.29 is 4.74 Å². The second-order valence-corrected chi connectivity index (χ2v) is 23.7. The Hall–Kier alpha value is -0.900. The van der Waals surface area contributed by atoms with Gasteiger partial charge in [0.15, 0.2) is 0 Å². The van der Waals surface area contributed by atoms with Crippen LogP contribution >= 0.6 is 20.1 Å². The second-order valence-electron chi connectivity index (χ2n) is 15.2. The monoisotopic (exact) mass is 582 g/mol. The minimum atomic E-state index is -0.920. The quantitative estimate of drug-likeness (QED) is 0.239. The van der Waals surface area contributed by atoms with Gasteiger partial charge in [-0.3, -0.25) is 0 Å². The fourth-order valence-corrected chi connectivity index (χ4v) is 15.2. The van der Waals surface area contributed by atoms with Crippen LogP contribution in [0.2, 0.25) is 0 Å². The molecule has 2 aromatic rings. The van der Waals surface area contributed by atoms with Crippen molar-refractivity contribution in [2.24, 2.45) is 5.92 Å². The lowest BCUT2D eigenvalue weighted by atomic mass is 9.80. The highest BCUT2D eigenvalue weighted by atomic mass is 32.3. The molecule has 1 nitrogen and oxygen atoms in total. The zero-order valence-electron chi connectivity index (χ0n) is 26.7. The van der Waals surface area contributed by atoms with Gasteiger partial charge in [0.1, 0.15) is 0 Å². The van der Waals surface area contributed by atoms with E-state index < -0.39 is 20.1 Å². The summed E-state index contributed by atoms with van der Waals surface area (Å²) in [6.07, 6.45) is 22.8. The van der Waals surface area contributed by atoms with Crippen LogP contribution in [0.1, 0.15) is 123 Å². The molecule has 1 fully saturated rings. The summed E-state index contributed by atoms with van der Waals surface area (Å²) in [5.74, 6) is 5.24. The van der Waals surface area contributed by atoms with Crippen LogP contribution in [-0.2, 0) is 4.74 Å². The third kappa shape index (κ3) is 6.68. The van der Waals surface area contributed by atoms with Crippen molar-refractivity contribution >= 4 is 20.1 Å². The van der Waals surface area contributed by atoms with E-state index in [-0.39, 0.29) is 5.60 Å². The van der Waals surface area contributed by atoms with Crippen LogP contribution in [0.3, 0.4) is 0 Å². The van der Waals surface area contributed by atoms with Gasteiger partial charge in [-0.15, -0.1) is 0 Å². The number of hydrogen-bond acceptors (Lipinski definition) is 1. The summed E-state index contributed by atoms with van der Waals surface area (Å²) in [6, 6.07) is 19.5. The smallest absolute Gasteiger partial charge is 0.0598 e. The lowest BCUT2D eigenvalue weighted by Gasteiger charge is -2.51. The molecule has 0 saturated heterocycles. The molecular formula is C37H58OS2. The molecule has 0 N–H and O–H groups in total. The van der Waals surface area contributed by atoms with Gasteiger partial charge in [-0.2, -0.15) is 0 Å². The Morgan fingerprint density at radius 1 is 0.750 bits per heavy atom. The van der Waals surface area contributed by atoms with E-state index in [4.69, 9.17) is 4.74 Å². The normalized spacial score (nSPS) is 28.8. The van der Waals surface area contributed by atoms with Gasteiger partial charge < -0.3 is 4.74 Å². The minimum absolute atomic E-state index is 0.0176. The largest absolute Gasteiger partial charge is 0.376 e. The fraction of sp³-hybridized carbons (Fsp3) is 0.676. The average molecular weight is 583 g/mol. The summed E-state index contributed by atoms with van der Waals surface area (Å²) in [7, 11) is -1.47. The average Bonchev–Trinajstić information content (AvgIpc) is 3.43. The van der Waals surface area contributed by atoms with Crippen LogP contribution in [0.25, 0.3) is 0 Å². The molecule has 6 unspecified atom stereocenters. The Balaban J connectivity index is 1.44. The van der Waals surface area contributed by atoms with Crippen molar-refractivity contribution in [3.63, 3.8) is 0 Å². The summed E-state index contributed by atoms with van der Waals surface area (Å²) < 4.78 is 6.04. The highest BCUT2D eigenvalue weighted by Gasteiger charge is 2.52. The van der Waals surface area contributed by atoms with Crippen LogP contribution in [0.4, 0.5) is 0 Å². The van der Waals surface area contributed by atoms with Gasteiger partial charge >= 0.3 is 0 Å². The standard InChI is InChI=1S/C37H58OS2/c1-37(2,3)38-24-16-8-9-17-25-40(7,35-26-28(27-39(4,5)6)29-18-10-13-21-32(29)35)36-33-22-14-11-19-30(33)31-20-12-15-23-34(31)36/h10-11,13-14,18-19,21-22,28,31,34-36H,8-9,12,15-17,20,23-27H2,1-7H3. The zero-order chi connectivity index (χ0) is 28.5. The summed E-state index contributed by atoms with van der Waals surface area (Å²) in [6.45, 7) is 7.43. The van der Waals surface area contributed by atoms with Gasteiger partial charge in [0.2, 0.25) is 0 Å². The van der Waals surface area contributed by atoms with Crippen LogP contribution in [-0.4, -0.2) is 48.7 Å². The highest BCUT2D eigenvalue weighted by Crippen LogP contribution is 2.77. The van der Waals surface area contributed by atoms with Crippen molar-refractivity contribution in [3.05, 3.63) is 70.8 Å². The fourth-order valence-electron chi connectivity index (χ4n) is 8.59. The van der Waals surface area contributed by atoms with E-state index in [2.05, 4.69) is 94.3 Å². The van der Waals surface area contributed by atoms with Gasteiger partial charge in [0, 0.05) is 17.1 Å². The summed E-state index contributed by atoms with van der Waals surface area (Å²) >= 11 is 0. The van der Waals surface area contributed by atoms with Crippen molar-refractivity contribution in [2.75, 3.05) is 43.1 Å². The van der Waals surface area contributed by atoms with Crippen molar-refractivity contribution in [3.8, 4) is 0 Å². The predicted molar refractivity (Wildman–Crippen MR) is 183 cm³/mol. The molecule has 1 saturated carbocycles. The SMILES string of the molecule is CC(C)(C)OCCCCCCS(C)(C1CC(CS(C)(C)C)c2ccccc21)C1c2ccccc2C2CCCCC21. The van der Waals surface area contributed by atoms with Gasteiger partial charge in [-0.05, 0) is 129 Å². The maximum Gasteiger partial charge on any atom is 0.0598 e. The molecule has 0 heterocycles. The molecule has 0 amide bonds. The lowest BCUT2D eigenvalue weighted by Crippen LogP contribution is -2.26. The Morgan fingerprint density at radius 2 is 1.38 bits per heavy atom. The molecular weight excluding hydrogens is 525 g/mol. The third-order valence-corrected chi connectivity index (χ3v) is 16.2. The van der Waals surface area contributed by atoms with Crippen LogP contribution in [0.5, 0.6) is 0 Å². The number of ether oxygens (including phenoxy) is 1. The van der Waals surface area contributed by atoms with Gasteiger partial charge in [-0.1, -0.05) is 74.2 Å². The van der Waals surface area contributed by atoms with Gasteiger partial charge in [-0.25, -0.2) is 20.1 Å². The first-order chi connectivity index (χ1) is 19.0. The van der Waals surface area contributed by atoms with Gasteiger partial charge in [0.05, 0.1) is 5.60 Å². The number of fused-ring (bicyclic) bond motifs is 4. The van der Waals surface area contributed by atoms with E-state index in [1.165, 1.54) is 69.3 Å². The van der Waals surface area contributed by atoms with Crippen molar-refractivity contribution in [2.45, 2.75) is 106 Å². The molecule has 0 radical (unpaired) electrons. The maximum atomic E-state index is 6.04. The maximum absolute atomic E-state index is 6.04. The number of unbranched alkanes of at least 4 members (excludes halogenated alkanes) is 3. The van der Waals surface area contributed by atoms with Gasteiger partial charge in [0.25, 0.3) is 0 Å². The molecule has 0 aromatic heterocycles. The predicted octanol–water partition coefficient (Wildman–Crippen LogP) is 10.7. The summed E-state index contributed by atoms with van der Waals surface area (Å²) in [4.78, 5) is 0. The molecule has 3 aliphatic rings. The highest BCUT2D eigenvalue weighted by molar-refractivity contribution is 8.33. The summed E-state index contributed by atoms with van der Waals surface area (Å²) in [5, 5.41) is 1.52. The Kier molecular flexibility index (Phi) is 9.45. The molecule has 40 heavy (non-hydrogen) atoms. The molecule has 3 aliphatic carbocycles. The van der Waals surface area contributed by atoms with Crippen molar-refractivity contribution in [1.82, 2.24) is 0 Å². The Labute approximate surface area is 250 Å². The first-order valence-electron chi connectivity index (χ1n) is 16.2. The van der Waals surface area contributed by atoms with E-state index in [9.17, 15) is 0 Å². The molecule has 2 aromatic carbocycles. The minimum Gasteiger partial charge on any atom is -0.376 e. The molecule has 0 spiro atoms. The molecule has 3 heteroatoms. The van der Waals surface area contributed by atoms with Crippen LogP contribution in [0, 0.1) is 5.92 Å². The number of benzene rings is 2. The Bertz CT molecular complexity index is 1130.